The Bertz CT molecular complexity index is 284. The molecule has 2 rings (SSSR count). The molecule has 0 unspecified atom stereocenters. The largest absolute Gasteiger partial charge is 0.334 e. The smallest absolute Gasteiger partial charge is 0.0951 e. The summed E-state index contributed by atoms with van der Waals surface area (Å²) in [4.78, 5) is 6.79. The van der Waals surface area contributed by atoms with Gasteiger partial charge >= 0.3 is 0 Å². The number of rotatable bonds is 2. The van der Waals surface area contributed by atoms with Crippen molar-refractivity contribution in [2.75, 3.05) is 19.6 Å². The summed E-state index contributed by atoms with van der Waals surface area (Å²) in [7, 11) is 0. The van der Waals surface area contributed by atoms with E-state index in [1.54, 1.807) is 0 Å². The fourth-order valence-electron chi connectivity index (χ4n) is 2.17. The van der Waals surface area contributed by atoms with Crippen LogP contribution in [0, 0.1) is 6.92 Å². The molecule has 1 aliphatic rings. The lowest BCUT2D eigenvalue weighted by molar-refractivity contribution is 0.194. The van der Waals surface area contributed by atoms with Crippen LogP contribution in [0.4, 0.5) is 0 Å². The summed E-state index contributed by atoms with van der Waals surface area (Å²) in [6.07, 6.45) is 6.67. The number of likely N-dealkylation sites (tertiary alicyclic amines) is 1. The van der Waals surface area contributed by atoms with Gasteiger partial charge in [0.05, 0.1) is 12.0 Å². The zero-order valence-corrected chi connectivity index (χ0v) is 9.11. The second kappa shape index (κ2) is 4.13. The van der Waals surface area contributed by atoms with Crippen molar-refractivity contribution in [1.29, 1.82) is 0 Å². The van der Waals surface area contributed by atoms with Gasteiger partial charge in [-0.1, -0.05) is 6.92 Å². The molecule has 1 aliphatic heterocycles. The Morgan fingerprint density at radius 1 is 1.43 bits per heavy atom. The van der Waals surface area contributed by atoms with Crippen molar-refractivity contribution < 1.29 is 0 Å². The Kier molecular flexibility index (Phi) is 2.87. The first-order chi connectivity index (χ1) is 6.79. The minimum atomic E-state index is 0.680. The Morgan fingerprint density at radius 2 is 2.14 bits per heavy atom. The van der Waals surface area contributed by atoms with Gasteiger partial charge < -0.3 is 9.47 Å². The number of imidazole rings is 1. The number of aryl methyl sites for hydroxylation is 1. The fourth-order valence-corrected chi connectivity index (χ4v) is 2.17. The Morgan fingerprint density at radius 3 is 2.64 bits per heavy atom. The predicted molar refractivity (Wildman–Crippen MR) is 57.3 cm³/mol. The zero-order chi connectivity index (χ0) is 9.97. The molecule has 0 radical (unpaired) electrons. The molecule has 0 saturated carbocycles. The minimum Gasteiger partial charge on any atom is -0.334 e. The summed E-state index contributed by atoms with van der Waals surface area (Å²) < 4.78 is 2.28. The second-order valence-corrected chi connectivity index (χ2v) is 4.13. The van der Waals surface area contributed by atoms with Crippen LogP contribution in [0.15, 0.2) is 12.5 Å². The van der Waals surface area contributed by atoms with Gasteiger partial charge in [-0.15, -0.1) is 0 Å². The van der Waals surface area contributed by atoms with Crippen LogP contribution in [-0.4, -0.2) is 34.1 Å². The van der Waals surface area contributed by atoms with Gasteiger partial charge in [0.15, 0.2) is 0 Å². The van der Waals surface area contributed by atoms with Gasteiger partial charge in [-0.3, -0.25) is 0 Å². The van der Waals surface area contributed by atoms with Crippen LogP contribution < -0.4 is 0 Å². The first-order valence-corrected chi connectivity index (χ1v) is 5.52. The van der Waals surface area contributed by atoms with E-state index in [1.807, 2.05) is 6.33 Å². The van der Waals surface area contributed by atoms with Crippen LogP contribution in [-0.2, 0) is 0 Å². The molecular weight excluding hydrogens is 174 g/mol. The van der Waals surface area contributed by atoms with Gasteiger partial charge in [0.2, 0.25) is 0 Å². The molecule has 0 atom stereocenters. The van der Waals surface area contributed by atoms with Gasteiger partial charge in [0.25, 0.3) is 0 Å². The lowest BCUT2D eigenvalue weighted by Gasteiger charge is -2.31. The third-order valence-electron chi connectivity index (χ3n) is 3.16. The highest BCUT2D eigenvalue weighted by Gasteiger charge is 2.18. The summed E-state index contributed by atoms with van der Waals surface area (Å²) in [6, 6.07) is 0.680. The fraction of sp³-hybridized carbons (Fsp3) is 0.727. The van der Waals surface area contributed by atoms with E-state index in [1.165, 1.54) is 32.5 Å². The Hall–Kier alpha value is -0.830. The molecule has 0 N–H and O–H groups in total. The first kappa shape index (κ1) is 9.71. The summed E-state index contributed by atoms with van der Waals surface area (Å²) in [5.74, 6) is 0. The van der Waals surface area contributed by atoms with E-state index in [-0.39, 0.29) is 0 Å². The van der Waals surface area contributed by atoms with E-state index in [0.717, 1.165) is 5.69 Å². The molecule has 1 aromatic rings. The Labute approximate surface area is 85.7 Å². The van der Waals surface area contributed by atoms with Crippen molar-refractivity contribution in [2.45, 2.75) is 32.7 Å². The van der Waals surface area contributed by atoms with Crippen molar-refractivity contribution in [3.8, 4) is 0 Å². The molecule has 2 heterocycles. The maximum absolute atomic E-state index is 4.28. The van der Waals surface area contributed by atoms with Crippen LogP contribution in [0.25, 0.3) is 0 Å². The van der Waals surface area contributed by atoms with Crippen LogP contribution in [0.1, 0.15) is 31.5 Å². The average molecular weight is 193 g/mol. The van der Waals surface area contributed by atoms with Crippen LogP contribution >= 0.6 is 0 Å². The predicted octanol–water partition coefficient (Wildman–Crippen LogP) is 1.85. The molecule has 3 nitrogen and oxygen atoms in total. The molecule has 3 heteroatoms. The number of aromatic nitrogens is 2. The van der Waals surface area contributed by atoms with Crippen molar-refractivity contribution in [3.05, 3.63) is 18.2 Å². The van der Waals surface area contributed by atoms with Gasteiger partial charge in [0, 0.05) is 25.3 Å². The van der Waals surface area contributed by atoms with E-state index < -0.39 is 0 Å². The molecule has 0 aliphatic carbocycles. The topological polar surface area (TPSA) is 21.1 Å². The highest BCUT2D eigenvalue weighted by molar-refractivity contribution is 4.95. The molecule has 1 saturated heterocycles. The maximum Gasteiger partial charge on any atom is 0.0951 e. The molecule has 1 fully saturated rings. The lowest BCUT2D eigenvalue weighted by Crippen LogP contribution is -2.34. The summed E-state index contributed by atoms with van der Waals surface area (Å²) >= 11 is 0. The number of nitrogens with zero attached hydrogens (tertiary/aromatic N) is 3. The molecule has 0 spiro atoms. The number of piperidine rings is 1. The number of hydrogen-bond donors (Lipinski definition) is 0. The lowest BCUT2D eigenvalue weighted by atomic mass is 10.1. The van der Waals surface area contributed by atoms with Gasteiger partial charge in [-0.2, -0.15) is 0 Å². The second-order valence-electron chi connectivity index (χ2n) is 4.13. The zero-order valence-electron chi connectivity index (χ0n) is 9.11. The van der Waals surface area contributed by atoms with Crippen molar-refractivity contribution >= 4 is 0 Å². The molecular formula is C11H19N3. The highest BCUT2D eigenvalue weighted by Crippen LogP contribution is 2.22. The van der Waals surface area contributed by atoms with E-state index in [9.17, 15) is 0 Å². The third kappa shape index (κ3) is 1.98. The summed E-state index contributed by atoms with van der Waals surface area (Å²) in [5.41, 5.74) is 1.13. The summed E-state index contributed by atoms with van der Waals surface area (Å²) in [5, 5.41) is 0. The monoisotopic (exact) mass is 193 g/mol. The highest BCUT2D eigenvalue weighted by atomic mass is 15.2. The minimum absolute atomic E-state index is 0.680. The van der Waals surface area contributed by atoms with Gasteiger partial charge in [-0.05, 0) is 26.3 Å². The van der Waals surface area contributed by atoms with Gasteiger partial charge in [-0.25, -0.2) is 4.98 Å². The average Bonchev–Trinajstić information content (AvgIpc) is 2.65. The maximum atomic E-state index is 4.28. The van der Waals surface area contributed by atoms with Crippen molar-refractivity contribution in [3.63, 3.8) is 0 Å². The standard InChI is InChI=1S/C11H19N3/c1-3-13-6-4-11(5-7-13)14-8-10(2)12-9-14/h8-9,11H,3-7H2,1-2H3. The van der Waals surface area contributed by atoms with Gasteiger partial charge in [0.1, 0.15) is 0 Å². The van der Waals surface area contributed by atoms with Crippen LogP contribution in [0.5, 0.6) is 0 Å². The molecule has 0 aromatic carbocycles. The van der Waals surface area contributed by atoms with E-state index in [0.29, 0.717) is 6.04 Å². The van der Waals surface area contributed by atoms with E-state index >= 15 is 0 Å². The van der Waals surface area contributed by atoms with E-state index in [2.05, 4.69) is 34.5 Å². The molecule has 0 bridgehead atoms. The SMILES string of the molecule is CCN1CCC(n2cnc(C)c2)CC1. The van der Waals surface area contributed by atoms with E-state index in [4.69, 9.17) is 0 Å². The van der Waals surface area contributed by atoms with Crippen molar-refractivity contribution in [1.82, 2.24) is 14.5 Å². The quantitative estimate of drug-likeness (QED) is 0.714. The Balaban J connectivity index is 1.95. The molecule has 14 heavy (non-hydrogen) atoms. The first-order valence-electron chi connectivity index (χ1n) is 5.52. The third-order valence-corrected chi connectivity index (χ3v) is 3.16. The summed E-state index contributed by atoms with van der Waals surface area (Å²) in [6.45, 7) is 7.95. The van der Waals surface area contributed by atoms with Crippen molar-refractivity contribution in [2.24, 2.45) is 0 Å². The van der Waals surface area contributed by atoms with Crippen LogP contribution in [0.2, 0.25) is 0 Å². The normalized spacial score (nSPS) is 20.1. The van der Waals surface area contributed by atoms with Crippen LogP contribution in [0.3, 0.4) is 0 Å². The molecule has 1 aromatic heterocycles. The number of hydrogen-bond acceptors (Lipinski definition) is 2. The molecule has 78 valence electrons. The molecule has 0 amide bonds.